The third-order valence-electron chi connectivity index (χ3n) is 4.94. The lowest BCUT2D eigenvalue weighted by molar-refractivity contribution is 0.168. The quantitative estimate of drug-likeness (QED) is 0.623. The zero-order chi connectivity index (χ0) is 15.3. The van der Waals surface area contributed by atoms with Crippen LogP contribution in [-0.2, 0) is 17.7 Å². The van der Waals surface area contributed by atoms with Crippen molar-refractivity contribution in [3.8, 4) is 0 Å². The molecule has 2 saturated heterocycles. The first kappa shape index (κ1) is 17.5. The molecule has 0 aromatic carbocycles. The summed E-state index contributed by atoms with van der Waals surface area (Å²) in [6, 6.07) is 2.16. The summed E-state index contributed by atoms with van der Waals surface area (Å²) in [6.07, 6.45) is 3.49. The Hall–Kier alpha value is 0.194. The monoisotopic (exact) mass is 334 g/mol. The maximum atomic E-state index is 5.75. The molecule has 2 aliphatic rings. The van der Waals surface area contributed by atoms with Crippen LogP contribution in [0, 0.1) is 0 Å². The Morgan fingerprint density at radius 2 is 1.10 bits per heavy atom. The Balaban J connectivity index is 1.84. The molecule has 2 fully saturated rings. The molecular weight excluding hydrogens is 304 g/mol. The minimum atomic E-state index is -2.08. The number of hydrogen-bond donors (Lipinski definition) is 0. The van der Waals surface area contributed by atoms with E-state index in [1.807, 2.05) is 0 Å². The van der Waals surface area contributed by atoms with E-state index in [1.165, 1.54) is 12.8 Å². The Bertz CT molecular complexity index is 297. The molecule has 0 radical (unpaired) electrons. The van der Waals surface area contributed by atoms with E-state index in [0.29, 0.717) is 0 Å². The minimum absolute atomic E-state index is 1.04. The molecule has 0 atom stereocenters. The molecule has 124 valence electrons. The Labute approximate surface area is 130 Å². The second-order valence-electron chi connectivity index (χ2n) is 5.78. The Morgan fingerprint density at radius 1 is 0.714 bits per heavy atom. The predicted molar refractivity (Wildman–Crippen MR) is 86.2 cm³/mol. The van der Waals surface area contributed by atoms with Gasteiger partial charge in [-0.3, -0.25) is 9.13 Å². The van der Waals surface area contributed by atoms with E-state index in [4.69, 9.17) is 17.7 Å². The van der Waals surface area contributed by atoms with Gasteiger partial charge >= 0.3 is 17.4 Å². The second kappa shape index (κ2) is 7.65. The van der Waals surface area contributed by atoms with Crippen LogP contribution in [-0.4, -0.2) is 81.2 Å². The molecule has 0 N–H and O–H groups in total. The van der Waals surface area contributed by atoms with Crippen molar-refractivity contribution in [2.45, 2.75) is 31.4 Å². The van der Waals surface area contributed by atoms with Crippen LogP contribution in [0.1, 0.15) is 19.3 Å². The van der Waals surface area contributed by atoms with Crippen LogP contribution in [0.25, 0.3) is 0 Å². The van der Waals surface area contributed by atoms with Crippen molar-refractivity contribution in [2.24, 2.45) is 0 Å². The first-order valence-electron chi connectivity index (χ1n) is 7.87. The third-order valence-corrected chi connectivity index (χ3v) is 12.3. The van der Waals surface area contributed by atoms with Crippen molar-refractivity contribution >= 4 is 17.4 Å². The summed E-state index contributed by atoms with van der Waals surface area (Å²) in [6.45, 7) is 4.29. The molecule has 2 rings (SSSR count). The fraction of sp³-hybridized carbons (Fsp3) is 1.00. The fourth-order valence-electron chi connectivity index (χ4n) is 3.75. The largest absolute Gasteiger partial charge is 0.427 e. The topological polar surface area (TPSA) is 43.4 Å². The van der Waals surface area contributed by atoms with E-state index in [2.05, 4.69) is 9.13 Å². The highest BCUT2D eigenvalue weighted by Gasteiger charge is 2.49. The van der Waals surface area contributed by atoms with Crippen molar-refractivity contribution < 1.29 is 17.7 Å². The first-order valence-corrected chi connectivity index (χ1v) is 11.8. The molecule has 0 aliphatic carbocycles. The normalized spacial score (nSPS) is 25.7. The molecule has 0 aromatic rings. The van der Waals surface area contributed by atoms with Crippen LogP contribution in [0.3, 0.4) is 0 Å². The van der Waals surface area contributed by atoms with Crippen molar-refractivity contribution in [3.63, 3.8) is 0 Å². The lowest BCUT2D eigenvalue weighted by atomic mass is 10.4. The van der Waals surface area contributed by atoms with Gasteiger partial charge in [0.2, 0.25) is 0 Å². The van der Waals surface area contributed by atoms with Crippen LogP contribution in [0.5, 0.6) is 0 Å². The minimum Gasteiger partial charge on any atom is -0.386 e. The molecule has 6 nitrogen and oxygen atoms in total. The average molecular weight is 335 g/mol. The lowest BCUT2D eigenvalue weighted by Crippen LogP contribution is -2.55. The molecule has 0 amide bonds. The van der Waals surface area contributed by atoms with E-state index < -0.39 is 17.4 Å². The van der Waals surface area contributed by atoms with Gasteiger partial charge in [-0.2, -0.15) is 0 Å². The van der Waals surface area contributed by atoms with Gasteiger partial charge in [0.1, 0.15) is 0 Å². The van der Waals surface area contributed by atoms with Gasteiger partial charge in [0.15, 0.2) is 0 Å². The maximum Gasteiger partial charge on any atom is 0.427 e. The summed E-state index contributed by atoms with van der Waals surface area (Å²) in [5, 5.41) is 0. The van der Waals surface area contributed by atoms with E-state index >= 15 is 0 Å². The lowest BCUT2D eigenvalue weighted by Gasteiger charge is -2.34. The molecule has 0 spiro atoms. The zero-order valence-corrected chi connectivity index (χ0v) is 15.9. The van der Waals surface area contributed by atoms with Gasteiger partial charge < -0.3 is 17.7 Å². The molecule has 0 aromatic heterocycles. The smallest absolute Gasteiger partial charge is 0.386 e. The van der Waals surface area contributed by atoms with Gasteiger partial charge in [-0.1, -0.05) is 0 Å². The van der Waals surface area contributed by atoms with Gasteiger partial charge in [0.25, 0.3) is 0 Å². The molecule has 0 saturated carbocycles. The van der Waals surface area contributed by atoms with Crippen molar-refractivity contribution in [2.75, 3.05) is 54.6 Å². The average Bonchev–Trinajstić information content (AvgIpc) is 3.12. The number of rotatable bonds is 8. The third kappa shape index (κ3) is 3.42. The zero-order valence-electron chi connectivity index (χ0n) is 13.9. The highest BCUT2D eigenvalue weighted by Crippen LogP contribution is 2.29. The summed E-state index contributed by atoms with van der Waals surface area (Å²) >= 11 is 0. The van der Waals surface area contributed by atoms with Crippen molar-refractivity contribution in [1.82, 2.24) is 9.13 Å². The predicted octanol–water partition coefficient (Wildman–Crippen LogP) is 1.25. The summed E-state index contributed by atoms with van der Waals surface area (Å²) in [5.41, 5.74) is 0. The molecule has 2 heterocycles. The van der Waals surface area contributed by atoms with Crippen LogP contribution in [0.4, 0.5) is 0 Å². The summed E-state index contributed by atoms with van der Waals surface area (Å²) in [4.78, 5) is 0. The fourth-order valence-corrected chi connectivity index (χ4v) is 9.77. The standard InChI is InChI=1S/C13H30N2O4Si2/c1-16-20(17-2)12-6-10-14(20)8-5-9-15-11-7-13-21(15,18-3)19-4/h5-13H2,1-4H3. The van der Waals surface area contributed by atoms with Crippen molar-refractivity contribution in [3.05, 3.63) is 0 Å². The van der Waals surface area contributed by atoms with Crippen LogP contribution < -0.4 is 0 Å². The highest BCUT2D eigenvalue weighted by molar-refractivity contribution is 6.65. The van der Waals surface area contributed by atoms with E-state index in [9.17, 15) is 0 Å². The maximum absolute atomic E-state index is 5.75. The Morgan fingerprint density at radius 3 is 1.43 bits per heavy atom. The highest BCUT2D eigenvalue weighted by atomic mass is 28.4. The van der Waals surface area contributed by atoms with Gasteiger partial charge in [0, 0.05) is 40.5 Å². The van der Waals surface area contributed by atoms with Gasteiger partial charge in [-0.15, -0.1) is 0 Å². The van der Waals surface area contributed by atoms with Crippen LogP contribution in [0.2, 0.25) is 12.1 Å². The number of nitrogens with zero attached hydrogens (tertiary/aromatic N) is 2. The van der Waals surface area contributed by atoms with E-state index in [1.54, 1.807) is 28.4 Å². The SMILES string of the molecule is CO[Si]1(OC)CCCN1CCCN1CCC[Si]1(OC)OC. The van der Waals surface area contributed by atoms with Crippen molar-refractivity contribution in [1.29, 1.82) is 0 Å². The van der Waals surface area contributed by atoms with Gasteiger partial charge in [0.05, 0.1) is 0 Å². The van der Waals surface area contributed by atoms with Gasteiger partial charge in [-0.25, -0.2) is 0 Å². The van der Waals surface area contributed by atoms with Gasteiger partial charge in [-0.05, 0) is 45.4 Å². The van der Waals surface area contributed by atoms with E-state index in [-0.39, 0.29) is 0 Å². The van der Waals surface area contributed by atoms with E-state index in [0.717, 1.165) is 44.7 Å². The molecule has 8 heteroatoms. The first-order chi connectivity index (χ1) is 10.2. The van der Waals surface area contributed by atoms with Crippen LogP contribution in [0.15, 0.2) is 0 Å². The second-order valence-corrected chi connectivity index (χ2v) is 12.5. The van der Waals surface area contributed by atoms with Crippen LogP contribution >= 0.6 is 0 Å². The summed E-state index contributed by atoms with van der Waals surface area (Å²) in [7, 11) is 3.03. The summed E-state index contributed by atoms with van der Waals surface area (Å²) < 4.78 is 27.9. The molecule has 0 unspecified atom stereocenters. The Kier molecular flexibility index (Phi) is 6.39. The number of hydrogen-bond acceptors (Lipinski definition) is 6. The summed E-state index contributed by atoms with van der Waals surface area (Å²) in [5.74, 6) is 0. The molecular formula is C13H30N2O4Si2. The molecule has 0 bridgehead atoms. The molecule has 2 aliphatic heterocycles. The molecule has 21 heavy (non-hydrogen) atoms.